The van der Waals surface area contributed by atoms with E-state index in [2.05, 4.69) is 15.3 Å². The van der Waals surface area contributed by atoms with Crippen molar-refractivity contribution in [2.45, 2.75) is 9.92 Å². The van der Waals surface area contributed by atoms with E-state index in [1.807, 2.05) is 0 Å². The van der Waals surface area contributed by atoms with Crippen molar-refractivity contribution in [1.82, 2.24) is 9.97 Å². The summed E-state index contributed by atoms with van der Waals surface area (Å²) in [5, 5.41) is 13.6. The van der Waals surface area contributed by atoms with Gasteiger partial charge in [-0.15, -0.1) is 0 Å². The summed E-state index contributed by atoms with van der Waals surface area (Å²) in [7, 11) is 1.47. The van der Waals surface area contributed by atoms with Gasteiger partial charge in [0.05, 0.1) is 4.92 Å². The normalized spacial score (nSPS) is 10.3. The molecule has 6 nitrogen and oxygen atoms in total. The smallest absolute Gasteiger partial charge is 0.343 e. The first-order chi connectivity index (χ1) is 9.52. The fourth-order valence-corrected chi connectivity index (χ4v) is 2.32. The lowest BCUT2D eigenvalue weighted by Crippen LogP contribution is -2.02. The lowest BCUT2D eigenvalue weighted by molar-refractivity contribution is -0.387. The highest BCUT2D eigenvalue weighted by Crippen LogP contribution is 2.37. The zero-order valence-electron chi connectivity index (χ0n) is 10.1. The number of rotatable bonds is 4. The summed E-state index contributed by atoms with van der Waals surface area (Å²) >= 11 is 0.733. The molecule has 2 rings (SSSR count). The Balaban J connectivity index is 2.45. The molecule has 0 saturated heterocycles. The van der Waals surface area contributed by atoms with Crippen LogP contribution in [0.2, 0.25) is 0 Å². The summed E-state index contributed by atoms with van der Waals surface area (Å²) in [4.78, 5) is 17.9. The van der Waals surface area contributed by atoms with Crippen LogP contribution in [0.25, 0.3) is 0 Å². The van der Waals surface area contributed by atoms with Crippen molar-refractivity contribution >= 4 is 23.3 Å². The zero-order valence-corrected chi connectivity index (χ0v) is 10.9. The van der Waals surface area contributed by atoms with Crippen molar-refractivity contribution < 1.29 is 13.7 Å². The van der Waals surface area contributed by atoms with Gasteiger partial charge in [-0.3, -0.25) is 10.1 Å². The quantitative estimate of drug-likeness (QED) is 0.531. The number of nitrogens with one attached hydrogen (secondary N) is 1. The van der Waals surface area contributed by atoms with Gasteiger partial charge in [-0.05, 0) is 12.1 Å². The molecule has 0 aliphatic heterocycles. The summed E-state index contributed by atoms with van der Waals surface area (Å²) in [5.41, 5.74) is -0.358. The molecule has 1 aromatic heterocycles. The van der Waals surface area contributed by atoms with E-state index >= 15 is 0 Å². The van der Waals surface area contributed by atoms with Crippen LogP contribution in [0.1, 0.15) is 0 Å². The van der Waals surface area contributed by atoms with E-state index in [-0.39, 0.29) is 21.4 Å². The van der Waals surface area contributed by atoms with Crippen LogP contribution in [0.15, 0.2) is 34.4 Å². The Kier molecular flexibility index (Phi) is 4.08. The molecular formula is C11H8F2N4O2S. The minimum atomic E-state index is -0.811. The molecule has 0 aliphatic carbocycles. The number of hydrogen-bond acceptors (Lipinski definition) is 6. The third kappa shape index (κ3) is 2.82. The Labute approximate surface area is 116 Å². The fourth-order valence-electron chi connectivity index (χ4n) is 1.45. The fraction of sp³-hybridized carbons (Fsp3) is 0.0909. The minimum absolute atomic E-state index is 0.0232. The van der Waals surface area contributed by atoms with E-state index in [0.29, 0.717) is 6.07 Å². The SMILES string of the molecule is CNc1ncnc(Sc2ccc(F)cc2F)c1[N+](=O)[O-]. The van der Waals surface area contributed by atoms with E-state index in [1.165, 1.54) is 13.1 Å². The average Bonchev–Trinajstić information content (AvgIpc) is 2.41. The molecule has 0 spiro atoms. The van der Waals surface area contributed by atoms with Gasteiger partial charge < -0.3 is 5.32 Å². The maximum Gasteiger partial charge on any atom is 0.343 e. The number of nitro groups is 1. The lowest BCUT2D eigenvalue weighted by atomic mass is 10.3. The van der Waals surface area contributed by atoms with Crippen molar-refractivity contribution in [3.05, 3.63) is 46.3 Å². The number of aromatic nitrogens is 2. The molecule has 0 bridgehead atoms. The molecule has 0 aliphatic rings. The van der Waals surface area contributed by atoms with Gasteiger partial charge in [0.1, 0.15) is 18.0 Å². The molecule has 1 heterocycles. The summed E-state index contributed by atoms with van der Waals surface area (Å²) < 4.78 is 26.4. The minimum Gasteiger partial charge on any atom is -0.367 e. The van der Waals surface area contributed by atoms with E-state index in [1.54, 1.807) is 0 Å². The molecule has 1 aromatic carbocycles. The highest BCUT2D eigenvalue weighted by molar-refractivity contribution is 7.99. The zero-order chi connectivity index (χ0) is 14.7. The maximum atomic E-state index is 13.6. The summed E-state index contributed by atoms with van der Waals surface area (Å²) in [6, 6.07) is 2.96. The number of nitrogens with zero attached hydrogens (tertiary/aromatic N) is 3. The van der Waals surface area contributed by atoms with Crippen LogP contribution in [-0.4, -0.2) is 21.9 Å². The van der Waals surface area contributed by atoms with Gasteiger partial charge in [0, 0.05) is 18.0 Å². The average molecular weight is 298 g/mol. The Hall–Kier alpha value is -2.29. The molecule has 0 saturated carbocycles. The van der Waals surface area contributed by atoms with Crippen LogP contribution in [0.3, 0.4) is 0 Å². The predicted molar refractivity (Wildman–Crippen MR) is 68.7 cm³/mol. The molecule has 0 atom stereocenters. The number of benzene rings is 1. The third-order valence-electron chi connectivity index (χ3n) is 2.31. The van der Waals surface area contributed by atoms with Gasteiger partial charge >= 0.3 is 5.69 Å². The van der Waals surface area contributed by atoms with Crippen LogP contribution in [0.4, 0.5) is 20.3 Å². The number of halogens is 2. The Morgan fingerprint density at radius 3 is 2.70 bits per heavy atom. The third-order valence-corrected chi connectivity index (χ3v) is 3.35. The molecule has 9 heteroatoms. The molecule has 0 amide bonds. The molecule has 104 valence electrons. The second kappa shape index (κ2) is 5.78. The van der Waals surface area contributed by atoms with Gasteiger partial charge in [0.25, 0.3) is 0 Å². The van der Waals surface area contributed by atoms with Crippen molar-refractivity contribution in [3.63, 3.8) is 0 Å². The van der Waals surface area contributed by atoms with E-state index in [4.69, 9.17) is 0 Å². The van der Waals surface area contributed by atoms with Crippen LogP contribution in [-0.2, 0) is 0 Å². The first-order valence-electron chi connectivity index (χ1n) is 5.33. The second-order valence-corrected chi connectivity index (χ2v) is 4.59. The molecule has 2 aromatic rings. The Morgan fingerprint density at radius 2 is 2.10 bits per heavy atom. The lowest BCUT2D eigenvalue weighted by Gasteiger charge is -2.06. The summed E-state index contributed by atoms with van der Waals surface area (Å²) in [5.74, 6) is -1.51. The molecule has 1 N–H and O–H groups in total. The van der Waals surface area contributed by atoms with E-state index in [9.17, 15) is 18.9 Å². The molecule has 0 radical (unpaired) electrons. The number of anilines is 1. The monoisotopic (exact) mass is 298 g/mol. The van der Waals surface area contributed by atoms with E-state index in [0.717, 1.165) is 24.2 Å². The largest absolute Gasteiger partial charge is 0.367 e. The Bertz CT molecular complexity index is 669. The molecule has 0 unspecified atom stereocenters. The van der Waals surface area contributed by atoms with Crippen LogP contribution < -0.4 is 5.32 Å². The molecule has 0 fully saturated rings. The topological polar surface area (TPSA) is 81.0 Å². The summed E-state index contributed by atoms with van der Waals surface area (Å²) in [6.07, 6.45) is 1.13. The first-order valence-corrected chi connectivity index (χ1v) is 6.14. The second-order valence-electron chi connectivity index (χ2n) is 3.56. The van der Waals surface area contributed by atoms with Gasteiger partial charge in [0.2, 0.25) is 5.82 Å². The van der Waals surface area contributed by atoms with Gasteiger partial charge in [0.15, 0.2) is 5.03 Å². The highest BCUT2D eigenvalue weighted by Gasteiger charge is 2.23. The van der Waals surface area contributed by atoms with Gasteiger partial charge in [-0.25, -0.2) is 18.7 Å². The standard InChI is InChI=1S/C11H8F2N4O2S/c1-14-10-9(17(18)19)11(16-5-15-10)20-8-3-2-6(12)4-7(8)13/h2-5H,1H3,(H,14,15,16). The first kappa shape index (κ1) is 14.1. The van der Waals surface area contributed by atoms with Crippen molar-refractivity contribution in [2.75, 3.05) is 12.4 Å². The molecular weight excluding hydrogens is 290 g/mol. The van der Waals surface area contributed by atoms with Gasteiger partial charge in [-0.2, -0.15) is 0 Å². The van der Waals surface area contributed by atoms with Crippen LogP contribution >= 0.6 is 11.8 Å². The van der Waals surface area contributed by atoms with Crippen LogP contribution in [0, 0.1) is 21.7 Å². The maximum absolute atomic E-state index is 13.6. The van der Waals surface area contributed by atoms with Crippen LogP contribution in [0.5, 0.6) is 0 Å². The van der Waals surface area contributed by atoms with Crippen molar-refractivity contribution in [3.8, 4) is 0 Å². The van der Waals surface area contributed by atoms with Gasteiger partial charge in [-0.1, -0.05) is 11.8 Å². The van der Waals surface area contributed by atoms with Crippen molar-refractivity contribution in [1.29, 1.82) is 0 Å². The number of hydrogen-bond donors (Lipinski definition) is 1. The Morgan fingerprint density at radius 1 is 1.35 bits per heavy atom. The van der Waals surface area contributed by atoms with E-state index < -0.39 is 16.6 Å². The molecule has 20 heavy (non-hydrogen) atoms. The summed E-state index contributed by atoms with van der Waals surface area (Å²) in [6.45, 7) is 0. The predicted octanol–water partition coefficient (Wildman–Crippen LogP) is 2.86. The highest BCUT2D eigenvalue weighted by atomic mass is 32.2. The van der Waals surface area contributed by atoms with Crippen molar-refractivity contribution in [2.24, 2.45) is 0 Å².